The van der Waals surface area contributed by atoms with Crippen molar-refractivity contribution < 1.29 is 48.0 Å². The Bertz CT molecular complexity index is 835. The molecule has 0 aromatic carbocycles. The Kier molecular flexibility index (Phi) is 7.36. The van der Waals surface area contributed by atoms with Crippen LogP contribution in [0.15, 0.2) is 22.5 Å². The van der Waals surface area contributed by atoms with Crippen molar-refractivity contribution in [2.45, 2.75) is 27.7 Å². The van der Waals surface area contributed by atoms with Crippen LogP contribution in [0.3, 0.4) is 0 Å². The van der Waals surface area contributed by atoms with Crippen LogP contribution < -0.4 is 0 Å². The minimum Gasteiger partial charge on any atom is -0.510 e. The molecule has 3 atom stereocenters. The van der Waals surface area contributed by atoms with Gasteiger partial charge in [0.15, 0.2) is 5.78 Å². The van der Waals surface area contributed by atoms with E-state index < -0.39 is 64.3 Å². The van der Waals surface area contributed by atoms with E-state index in [2.05, 4.69) is 0 Å². The maximum absolute atomic E-state index is 13.0. The number of ketones is 1. The zero-order chi connectivity index (χ0) is 22.6. The predicted molar refractivity (Wildman–Crippen MR) is 98.7 cm³/mol. The highest BCUT2D eigenvalue weighted by molar-refractivity contribution is 6.27. The first-order chi connectivity index (χ1) is 14.3. The van der Waals surface area contributed by atoms with Gasteiger partial charge in [0, 0.05) is 5.92 Å². The van der Waals surface area contributed by atoms with Crippen molar-refractivity contribution in [2.75, 3.05) is 26.4 Å². The number of esters is 4. The third-order valence-corrected chi connectivity index (χ3v) is 4.70. The Morgan fingerprint density at radius 2 is 1.30 bits per heavy atom. The van der Waals surface area contributed by atoms with Gasteiger partial charge in [-0.1, -0.05) is 0 Å². The zero-order valence-electron chi connectivity index (χ0n) is 17.2. The van der Waals surface area contributed by atoms with Gasteiger partial charge in [0.25, 0.3) is 0 Å². The first-order valence-electron chi connectivity index (χ1n) is 9.65. The first kappa shape index (κ1) is 23.1. The molecule has 30 heavy (non-hydrogen) atoms. The molecule has 0 bridgehead atoms. The summed E-state index contributed by atoms with van der Waals surface area (Å²) >= 11 is 0. The number of aliphatic hydroxyl groups excluding tert-OH is 1. The third kappa shape index (κ3) is 3.81. The van der Waals surface area contributed by atoms with E-state index in [-0.39, 0.29) is 32.0 Å². The lowest BCUT2D eigenvalue weighted by atomic mass is 9.86. The highest BCUT2D eigenvalue weighted by Crippen LogP contribution is 2.52. The molecule has 2 rings (SSSR count). The topological polar surface area (TPSA) is 143 Å². The van der Waals surface area contributed by atoms with Crippen LogP contribution in [0.25, 0.3) is 0 Å². The molecule has 0 spiro atoms. The molecule has 0 radical (unpaired) electrons. The molecule has 0 aliphatic heterocycles. The second-order valence-corrected chi connectivity index (χ2v) is 6.33. The quantitative estimate of drug-likeness (QED) is 0.257. The number of Topliss-reactive ketones (excluding diaryl/α,β-unsaturated/α-hetero) is 1. The average molecular weight is 424 g/mol. The first-order valence-corrected chi connectivity index (χ1v) is 9.65. The van der Waals surface area contributed by atoms with Gasteiger partial charge in [-0.05, 0) is 33.3 Å². The molecular weight excluding hydrogens is 400 g/mol. The third-order valence-electron chi connectivity index (χ3n) is 4.70. The van der Waals surface area contributed by atoms with E-state index in [1.807, 2.05) is 0 Å². The van der Waals surface area contributed by atoms with Crippen molar-refractivity contribution in [1.29, 1.82) is 0 Å². The van der Waals surface area contributed by atoms with Crippen molar-refractivity contribution in [1.82, 2.24) is 0 Å². The van der Waals surface area contributed by atoms with Gasteiger partial charge in [0.05, 0.1) is 32.0 Å². The molecule has 164 valence electrons. The van der Waals surface area contributed by atoms with E-state index in [1.54, 1.807) is 0 Å². The van der Waals surface area contributed by atoms with Gasteiger partial charge >= 0.3 is 23.9 Å². The minimum atomic E-state index is -1.64. The van der Waals surface area contributed by atoms with E-state index in [0.717, 1.165) is 0 Å². The van der Waals surface area contributed by atoms with Crippen molar-refractivity contribution in [2.24, 2.45) is 17.8 Å². The van der Waals surface area contributed by atoms with Gasteiger partial charge in [-0.25, -0.2) is 9.59 Å². The second kappa shape index (κ2) is 9.55. The molecule has 1 N–H and O–H groups in total. The summed E-state index contributed by atoms with van der Waals surface area (Å²) in [7, 11) is 0. The smallest absolute Gasteiger partial charge is 0.341 e. The van der Waals surface area contributed by atoms with E-state index in [1.165, 1.54) is 27.7 Å². The van der Waals surface area contributed by atoms with Gasteiger partial charge in [-0.15, -0.1) is 0 Å². The summed E-state index contributed by atoms with van der Waals surface area (Å²) in [4.78, 5) is 63.3. The Hall–Kier alpha value is -3.17. The highest BCUT2D eigenvalue weighted by Gasteiger charge is 2.61. The molecule has 0 saturated heterocycles. The summed E-state index contributed by atoms with van der Waals surface area (Å²) in [5, 5.41) is 10.7. The van der Waals surface area contributed by atoms with Crippen LogP contribution in [-0.4, -0.2) is 61.2 Å². The number of carbonyl (C=O) groups excluding carboxylic acids is 5. The van der Waals surface area contributed by atoms with Gasteiger partial charge in [-0.2, -0.15) is 0 Å². The Morgan fingerprint density at radius 3 is 1.83 bits per heavy atom. The fourth-order valence-corrected chi connectivity index (χ4v) is 3.69. The maximum Gasteiger partial charge on any atom is 0.341 e. The standard InChI is InChI=1S/C20H24O10/c1-5-27-17(23)11-9-10(13(15(11)21)19(25)29-7-3)14(20(26)30-8-4)16(22)12(9)18(24)28-6-2/h9,11,14,22H,5-8H2,1-4H3/t9-,11-,14-/m0/s1. The Morgan fingerprint density at radius 1 is 0.800 bits per heavy atom. The minimum absolute atomic E-state index is 0.0563. The number of hydrogen-bond donors (Lipinski definition) is 1. The van der Waals surface area contributed by atoms with Gasteiger partial charge < -0.3 is 24.1 Å². The van der Waals surface area contributed by atoms with E-state index >= 15 is 0 Å². The average Bonchev–Trinajstić information content (AvgIpc) is 3.11. The number of aliphatic hydroxyl groups is 1. The summed E-state index contributed by atoms with van der Waals surface area (Å²) in [5.41, 5.74) is -1.23. The number of hydrogen-bond acceptors (Lipinski definition) is 10. The van der Waals surface area contributed by atoms with E-state index in [9.17, 15) is 29.1 Å². The monoisotopic (exact) mass is 424 g/mol. The Balaban J connectivity index is 2.75. The summed E-state index contributed by atoms with van der Waals surface area (Å²) in [5.74, 6) is -10.4. The van der Waals surface area contributed by atoms with Crippen LogP contribution >= 0.6 is 0 Å². The Labute approximate surface area is 172 Å². The van der Waals surface area contributed by atoms with Gasteiger partial charge in [0.2, 0.25) is 0 Å². The number of rotatable bonds is 8. The molecule has 10 nitrogen and oxygen atoms in total. The van der Waals surface area contributed by atoms with Crippen molar-refractivity contribution in [3.05, 3.63) is 22.5 Å². The molecule has 10 heteroatoms. The molecule has 0 unspecified atom stereocenters. The summed E-state index contributed by atoms with van der Waals surface area (Å²) < 4.78 is 19.8. The van der Waals surface area contributed by atoms with Gasteiger partial charge in [0.1, 0.15) is 23.2 Å². The highest BCUT2D eigenvalue weighted by atomic mass is 16.5. The molecule has 0 aromatic heterocycles. The summed E-state index contributed by atoms with van der Waals surface area (Å²) in [6.07, 6.45) is 0. The molecule has 2 aliphatic carbocycles. The van der Waals surface area contributed by atoms with Crippen LogP contribution in [0, 0.1) is 17.8 Å². The molecule has 0 fully saturated rings. The SMILES string of the molecule is CCOC(=O)C1=C2[C@H](C(=O)OCC)C(O)=C(C(=O)OCC)[C@@H]2[C@H](C(=O)OCC)C1=O. The fraction of sp³-hybridized carbons (Fsp3) is 0.550. The lowest BCUT2D eigenvalue weighted by molar-refractivity contribution is -0.152. The molecular formula is C20H24O10. The van der Waals surface area contributed by atoms with E-state index in [0.29, 0.717) is 0 Å². The van der Waals surface area contributed by atoms with Crippen LogP contribution in [0.4, 0.5) is 0 Å². The fourth-order valence-electron chi connectivity index (χ4n) is 3.69. The lowest BCUT2D eigenvalue weighted by Gasteiger charge is -2.18. The van der Waals surface area contributed by atoms with Crippen LogP contribution in [-0.2, 0) is 42.9 Å². The van der Waals surface area contributed by atoms with Crippen molar-refractivity contribution in [3.63, 3.8) is 0 Å². The molecule has 0 saturated carbocycles. The normalized spacial score (nSPS) is 22.7. The molecule has 0 heterocycles. The predicted octanol–water partition coefficient (Wildman–Crippen LogP) is 0.792. The van der Waals surface area contributed by atoms with E-state index in [4.69, 9.17) is 18.9 Å². The number of carbonyl (C=O) groups is 5. The number of fused-ring (bicyclic) bond motifs is 1. The van der Waals surface area contributed by atoms with Gasteiger partial charge in [-0.3, -0.25) is 14.4 Å². The summed E-state index contributed by atoms with van der Waals surface area (Å²) in [6.45, 7) is 5.83. The molecule has 0 amide bonds. The second-order valence-electron chi connectivity index (χ2n) is 6.33. The van der Waals surface area contributed by atoms with Crippen LogP contribution in [0.5, 0.6) is 0 Å². The zero-order valence-corrected chi connectivity index (χ0v) is 17.2. The van der Waals surface area contributed by atoms with Crippen molar-refractivity contribution >= 4 is 29.7 Å². The van der Waals surface area contributed by atoms with Crippen molar-refractivity contribution in [3.8, 4) is 0 Å². The largest absolute Gasteiger partial charge is 0.510 e. The number of ether oxygens (including phenoxy) is 4. The van der Waals surface area contributed by atoms with Crippen LogP contribution in [0.1, 0.15) is 27.7 Å². The lowest BCUT2D eigenvalue weighted by Crippen LogP contribution is -2.32. The maximum atomic E-state index is 13.0. The van der Waals surface area contributed by atoms with Crippen LogP contribution in [0.2, 0.25) is 0 Å². The molecule has 0 aromatic rings. The summed E-state index contributed by atoms with van der Waals surface area (Å²) in [6, 6.07) is 0. The molecule has 2 aliphatic rings.